The lowest BCUT2D eigenvalue weighted by Gasteiger charge is -2.47. The lowest BCUT2D eigenvalue weighted by Crippen LogP contribution is -2.54. The largest absolute Gasteiger partial charge is 0.481 e. The summed E-state index contributed by atoms with van der Waals surface area (Å²) in [6.45, 7) is 8.98. The SMILES string of the molecule is CCCCCCCCCCC[C@H](CCCCCCCC)[C@](C)(C[C@H](CC)[C@H](C(=O)O)[C@H](C)C(O)(O)O)C(O)(O)O. The number of hydrogen-bond acceptors (Lipinski definition) is 7. The Kier molecular flexibility index (Phi) is 19.8. The molecule has 40 heavy (non-hydrogen) atoms. The average molecular weight is 577 g/mol. The van der Waals surface area contributed by atoms with Gasteiger partial charge in [0.15, 0.2) is 0 Å². The second-order valence-electron chi connectivity index (χ2n) is 12.6. The molecule has 0 saturated carbocycles. The maximum atomic E-state index is 12.2. The van der Waals surface area contributed by atoms with Crippen LogP contribution in [0, 0.1) is 29.1 Å². The Bertz CT molecular complexity index is 642. The fourth-order valence-electron chi connectivity index (χ4n) is 6.37. The predicted molar refractivity (Wildman–Crippen MR) is 159 cm³/mol. The Labute approximate surface area is 244 Å². The van der Waals surface area contributed by atoms with Crippen molar-refractivity contribution >= 4 is 5.97 Å². The van der Waals surface area contributed by atoms with Crippen molar-refractivity contribution in [3.8, 4) is 0 Å². The fourth-order valence-corrected chi connectivity index (χ4v) is 6.37. The standard InChI is InChI=1S/C32H64O8/c1-6-9-11-13-15-16-17-19-21-23-27(22-20-18-14-12-10-7-2)30(5,32(38,39)40)24-26(8-3)28(29(33)34)25(4)31(35,36)37/h25-28,35-40H,6-24H2,1-5H3,(H,33,34)/t25-,26-,27-,28+,30-/m0/s1. The van der Waals surface area contributed by atoms with Crippen LogP contribution in [0.5, 0.6) is 0 Å². The molecule has 0 aromatic heterocycles. The van der Waals surface area contributed by atoms with E-state index < -0.39 is 41.1 Å². The highest BCUT2D eigenvalue weighted by molar-refractivity contribution is 5.70. The monoisotopic (exact) mass is 576 g/mol. The number of carbonyl (C=O) groups is 1. The summed E-state index contributed by atoms with van der Waals surface area (Å²) in [6, 6.07) is 0. The lowest BCUT2D eigenvalue weighted by atomic mass is 9.62. The van der Waals surface area contributed by atoms with E-state index in [2.05, 4.69) is 13.8 Å². The first-order chi connectivity index (χ1) is 18.7. The van der Waals surface area contributed by atoms with E-state index in [-0.39, 0.29) is 18.8 Å². The summed E-state index contributed by atoms with van der Waals surface area (Å²) < 4.78 is 0. The van der Waals surface area contributed by atoms with Crippen molar-refractivity contribution in [2.45, 2.75) is 169 Å². The molecule has 0 rings (SSSR count). The van der Waals surface area contributed by atoms with E-state index >= 15 is 0 Å². The van der Waals surface area contributed by atoms with Gasteiger partial charge in [0, 0.05) is 0 Å². The molecule has 0 heterocycles. The maximum absolute atomic E-state index is 12.2. The van der Waals surface area contributed by atoms with Crippen LogP contribution in [0.2, 0.25) is 0 Å². The van der Waals surface area contributed by atoms with Crippen molar-refractivity contribution in [1.29, 1.82) is 0 Å². The fraction of sp³-hybridized carbons (Fsp3) is 0.969. The lowest BCUT2D eigenvalue weighted by molar-refractivity contribution is -0.387. The highest BCUT2D eigenvalue weighted by Crippen LogP contribution is 2.49. The van der Waals surface area contributed by atoms with E-state index in [4.69, 9.17) is 0 Å². The van der Waals surface area contributed by atoms with Crippen molar-refractivity contribution in [3.05, 3.63) is 0 Å². The molecular weight excluding hydrogens is 512 g/mol. The second kappa shape index (κ2) is 20.2. The minimum Gasteiger partial charge on any atom is -0.481 e. The Morgan fingerprint density at radius 2 is 1.02 bits per heavy atom. The Morgan fingerprint density at radius 1 is 0.650 bits per heavy atom. The van der Waals surface area contributed by atoms with Crippen LogP contribution in [0.3, 0.4) is 0 Å². The highest BCUT2D eigenvalue weighted by atomic mass is 16.7. The average Bonchev–Trinajstić information content (AvgIpc) is 2.86. The van der Waals surface area contributed by atoms with Gasteiger partial charge in [0.05, 0.1) is 17.3 Å². The molecule has 8 heteroatoms. The van der Waals surface area contributed by atoms with Crippen LogP contribution in [0.25, 0.3) is 0 Å². The van der Waals surface area contributed by atoms with Gasteiger partial charge in [-0.1, -0.05) is 137 Å². The Balaban J connectivity index is 5.73. The molecule has 0 aliphatic heterocycles. The molecule has 5 atom stereocenters. The molecule has 0 spiro atoms. The zero-order valence-corrected chi connectivity index (χ0v) is 26.3. The third kappa shape index (κ3) is 14.4. The number of rotatable bonds is 26. The zero-order valence-electron chi connectivity index (χ0n) is 26.3. The smallest absolute Gasteiger partial charge is 0.307 e. The predicted octanol–water partition coefficient (Wildman–Crippen LogP) is 6.30. The van der Waals surface area contributed by atoms with E-state index in [0.29, 0.717) is 12.8 Å². The van der Waals surface area contributed by atoms with Gasteiger partial charge in [0.2, 0.25) is 0 Å². The van der Waals surface area contributed by atoms with Crippen molar-refractivity contribution in [2.75, 3.05) is 0 Å². The van der Waals surface area contributed by atoms with Gasteiger partial charge in [-0.2, -0.15) is 0 Å². The molecule has 0 unspecified atom stereocenters. The summed E-state index contributed by atoms with van der Waals surface area (Å²) in [5, 5.41) is 71.4. The van der Waals surface area contributed by atoms with Gasteiger partial charge in [0.1, 0.15) is 0 Å². The minimum absolute atomic E-state index is 0.0533. The van der Waals surface area contributed by atoms with E-state index in [9.17, 15) is 40.5 Å². The highest BCUT2D eigenvalue weighted by Gasteiger charge is 2.53. The molecule has 0 fully saturated rings. The summed E-state index contributed by atoms with van der Waals surface area (Å²) in [5.74, 6) is -11.4. The first kappa shape index (κ1) is 39.2. The topological polar surface area (TPSA) is 159 Å². The Morgan fingerprint density at radius 3 is 1.32 bits per heavy atom. The molecular formula is C32H64O8. The summed E-state index contributed by atoms with van der Waals surface area (Å²) in [5.41, 5.74) is -1.45. The number of unbranched alkanes of at least 4 members (excludes halogenated alkanes) is 13. The number of carboxylic acids is 1. The van der Waals surface area contributed by atoms with E-state index in [0.717, 1.165) is 51.4 Å². The van der Waals surface area contributed by atoms with Crippen LogP contribution < -0.4 is 0 Å². The van der Waals surface area contributed by atoms with E-state index in [1.165, 1.54) is 51.9 Å². The molecule has 0 bridgehead atoms. The number of aliphatic carboxylic acids is 1. The van der Waals surface area contributed by atoms with Gasteiger partial charge < -0.3 is 35.7 Å². The van der Waals surface area contributed by atoms with Gasteiger partial charge in [0.25, 0.3) is 11.9 Å². The molecule has 0 aromatic rings. The summed E-state index contributed by atoms with van der Waals surface area (Å²) in [6.07, 6.45) is 18.5. The quantitative estimate of drug-likeness (QED) is 0.0467. The first-order valence-electron chi connectivity index (χ1n) is 16.2. The second-order valence-corrected chi connectivity index (χ2v) is 12.6. The third-order valence-electron chi connectivity index (χ3n) is 9.38. The maximum Gasteiger partial charge on any atom is 0.307 e. The Hall–Kier alpha value is -0.770. The van der Waals surface area contributed by atoms with Crippen molar-refractivity contribution in [1.82, 2.24) is 0 Å². The number of hydrogen-bond donors (Lipinski definition) is 7. The molecule has 0 aliphatic carbocycles. The van der Waals surface area contributed by atoms with Crippen molar-refractivity contribution < 1.29 is 40.5 Å². The van der Waals surface area contributed by atoms with Gasteiger partial charge in [-0.05, 0) is 31.1 Å². The summed E-state index contributed by atoms with van der Waals surface area (Å²) in [4.78, 5) is 12.2. The molecule has 8 nitrogen and oxygen atoms in total. The van der Waals surface area contributed by atoms with E-state index in [1.807, 2.05) is 0 Å². The van der Waals surface area contributed by atoms with Gasteiger partial charge in [-0.3, -0.25) is 4.79 Å². The normalized spacial score (nSPS) is 17.3. The molecule has 0 aromatic carbocycles. The molecule has 0 saturated heterocycles. The van der Waals surface area contributed by atoms with Crippen molar-refractivity contribution in [2.24, 2.45) is 29.1 Å². The number of aliphatic hydroxyl groups is 6. The minimum atomic E-state index is -3.20. The molecule has 240 valence electrons. The summed E-state index contributed by atoms with van der Waals surface area (Å²) in [7, 11) is 0. The van der Waals surface area contributed by atoms with E-state index in [1.54, 1.807) is 13.8 Å². The molecule has 0 radical (unpaired) electrons. The molecule has 7 N–H and O–H groups in total. The van der Waals surface area contributed by atoms with Crippen LogP contribution in [-0.4, -0.2) is 53.7 Å². The first-order valence-corrected chi connectivity index (χ1v) is 16.2. The number of carboxylic acid groups (broad SMARTS) is 1. The van der Waals surface area contributed by atoms with Crippen LogP contribution >= 0.6 is 0 Å². The third-order valence-corrected chi connectivity index (χ3v) is 9.38. The summed E-state index contributed by atoms with van der Waals surface area (Å²) >= 11 is 0. The molecule has 0 aliphatic rings. The zero-order chi connectivity index (χ0) is 30.8. The van der Waals surface area contributed by atoms with Crippen LogP contribution in [-0.2, 0) is 4.79 Å². The van der Waals surface area contributed by atoms with Crippen molar-refractivity contribution in [3.63, 3.8) is 0 Å². The van der Waals surface area contributed by atoms with Gasteiger partial charge in [-0.25, -0.2) is 0 Å². The van der Waals surface area contributed by atoms with Gasteiger partial charge in [-0.15, -0.1) is 0 Å². The van der Waals surface area contributed by atoms with Gasteiger partial charge >= 0.3 is 5.97 Å². The molecule has 0 amide bonds. The van der Waals surface area contributed by atoms with Crippen LogP contribution in [0.1, 0.15) is 157 Å². The van der Waals surface area contributed by atoms with Crippen LogP contribution in [0.15, 0.2) is 0 Å². The van der Waals surface area contributed by atoms with Crippen LogP contribution in [0.4, 0.5) is 0 Å².